The van der Waals surface area contributed by atoms with Crippen molar-refractivity contribution in [2.45, 2.75) is 0 Å². The molecule has 0 unspecified atom stereocenters. The minimum absolute atomic E-state index is 0.601. The van der Waals surface area contributed by atoms with Crippen LogP contribution in [0.25, 0.3) is 127 Å². The number of benzene rings is 9. The van der Waals surface area contributed by atoms with Gasteiger partial charge < -0.3 is 13.5 Å². The molecule has 0 N–H and O–H groups in total. The third kappa shape index (κ3) is 4.80. The van der Waals surface area contributed by atoms with E-state index < -0.39 is 0 Å². The lowest BCUT2D eigenvalue weighted by atomic mass is 10.0. The Kier molecular flexibility index (Phi) is 7.02. The molecular weight excluding hydrogens is 769 g/mol. The lowest BCUT2D eigenvalue weighted by Gasteiger charge is -2.16. The van der Waals surface area contributed by atoms with Crippen LogP contribution < -0.4 is 0 Å². The number of para-hydroxylation sites is 8. The predicted molar refractivity (Wildman–Crippen MR) is 259 cm³/mol. The summed E-state index contributed by atoms with van der Waals surface area (Å²) < 4.78 is 7.12. The van der Waals surface area contributed by atoms with Crippen LogP contribution in [0.2, 0.25) is 0 Å². The molecular formula is C57H34N6. The van der Waals surface area contributed by atoms with E-state index in [1.54, 1.807) is 0 Å². The van der Waals surface area contributed by atoms with Crippen molar-refractivity contribution in [1.29, 1.82) is 0 Å². The van der Waals surface area contributed by atoms with Gasteiger partial charge in [-0.3, -0.25) is 0 Å². The summed E-state index contributed by atoms with van der Waals surface area (Å²) in [4.78, 5) is 16.5. The van der Waals surface area contributed by atoms with Gasteiger partial charge in [0.05, 0.1) is 50.0 Å². The van der Waals surface area contributed by atoms with Crippen molar-refractivity contribution in [2.24, 2.45) is 0 Å². The third-order valence-corrected chi connectivity index (χ3v) is 13.0. The lowest BCUT2D eigenvalue weighted by Crippen LogP contribution is -2.05. The zero-order valence-electron chi connectivity index (χ0n) is 33.8. The van der Waals surface area contributed by atoms with Crippen LogP contribution in [0.1, 0.15) is 0 Å². The zero-order valence-corrected chi connectivity index (χ0v) is 33.8. The average molecular weight is 803 g/mol. The van der Waals surface area contributed by atoms with Crippen LogP contribution in [0.3, 0.4) is 0 Å². The molecule has 5 aromatic heterocycles. The monoisotopic (exact) mass is 802 g/mol. The van der Waals surface area contributed by atoms with Crippen LogP contribution >= 0.6 is 0 Å². The summed E-state index contributed by atoms with van der Waals surface area (Å²) in [6.45, 7) is 0. The highest BCUT2D eigenvalue weighted by Crippen LogP contribution is 2.43. The summed E-state index contributed by atoms with van der Waals surface area (Å²) in [6.07, 6.45) is 0. The second-order valence-corrected chi connectivity index (χ2v) is 16.4. The van der Waals surface area contributed by atoms with Crippen molar-refractivity contribution < 1.29 is 0 Å². The van der Waals surface area contributed by atoms with Crippen molar-refractivity contribution in [1.82, 2.24) is 28.5 Å². The first-order valence-corrected chi connectivity index (χ1v) is 21.4. The molecule has 0 saturated heterocycles. The second kappa shape index (κ2) is 12.9. The average Bonchev–Trinajstić information content (AvgIpc) is 4.08. The summed E-state index contributed by atoms with van der Waals surface area (Å²) in [6, 6.07) is 73.5. The van der Waals surface area contributed by atoms with Gasteiger partial charge in [0, 0.05) is 59.8 Å². The van der Waals surface area contributed by atoms with Gasteiger partial charge in [-0.25, -0.2) is 15.0 Å². The largest absolute Gasteiger partial charge is 0.309 e. The van der Waals surface area contributed by atoms with E-state index in [9.17, 15) is 0 Å². The van der Waals surface area contributed by atoms with E-state index >= 15 is 0 Å². The predicted octanol–water partition coefficient (Wildman–Crippen LogP) is 14.2. The van der Waals surface area contributed by atoms with Gasteiger partial charge in [-0.15, -0.1) is 0 Å². The van der Waals surface area contributed by atoms with Gasteiger partial charge >= 0.3 is 0 Å². The molecule has 14 rings (SSSR count). The van der Waals surface area contributed by atoms with Gasteiger partial charge in [0.25, 0.3) is 0 Å². The second-order valence-electron chi connectivity index (χ2n) is 16.4. The maximum atomic E-state index is 5.50. The number of fused-ring (bicyclic) bond motifs is 12. The first-order valence-electron chi connectivity index (χ1n) is 21.4. The van der Waals surface area contributed by atoms with Crippen molar-refractivity contribution >= 4 is 81.7 Å². The maximum Gasteiger partial charge on any atom is 0.166 e. The number of rotatable bonds is 5. The molecule has 0 spiro atoms. The van der Waals surface area contributed by atoms with E-state index in [0.29, 0.717) is 17.5 Å². The first kappa shape index (κ1) is 34.1. The quantitative estimate of drug-likeness (QED) is 0.174. The Hall–Kier alpha value is -8.61. The fourth-order valence-corrected chi connectivity index (χ4v) is 10.4. The van der Waals surface area contributed by atoms with Crippen molar-refractivity contribution in [2.75, 3.05) is 0 Å². The molecule has 0 saturated carbocycles. The molecule has 14 aromatic rings. The zero-order chi connectivity index (χ0) is 41.2. The molecule has 6 heteroatoms. The molecule has 63 heavy (non-hydrogen) atoms. The van der Waals surface area contributed by atoms with Gasteiger partial charge in [0.2, 0.25) is 0 Å². The molecule has 5 heterocycles. The van der Waals surface area contributed by atoms with Gasteiger partial charge in [0.15, 0.2) is 17.5 Å². The molecule has 292 valence electrons. The van der Waals surface area contributed by atoms with Crippen LogP contribution in [0, 0.1) is 0 Å². The van der Waals surface area contributed by atoms with Crippen molar-refractivity contribution in [3.8, 4) is 45.5 Å². The molecule has 0 aliphatic rings. The van der Waals surface area contributed by atoms with Gasteiger partial charge in [-0.2, -0.15) is 0 Å². The molecule has 0 fully saturated rings. The Morgan fingerprint density at radius 1 is 0.270 bits per heavy atom. The molecule has 9 aromatic carbocycles. The smallest absolute Gasteiger partial charge is 0.166 e. The molecule has 0 amide bonds. The highest BCUT2D eigenvalue weighted by atomic mass is 15.1. The normalized spacial score (nSPS) is 12.1. The van der Waals surface area contributed by atoms with Crippen LogP contribution in [-0.4, -0.2) is 28.5 Å². The van der Waals surface area contributed by atoms with Crippen LogP contribution in [0.5, 0.6) is 0 Å². The van der Waals surface area contributed by atoms with Crippen LogP contribution in [0.15, 0.2) is 206 Å². The van der Waals surface area contributed by atoms with Crippen molar-refractivity contribution in [3.05, 3.63) is 206 Å². The Balaban J connectivity index is 1.08. The van der Waals surface area contributed by atoms with E-state index in [2.05, 4.69) is 220 Å². The molecule has 0 aliphatic heterocycles. The van der Waals surface area contributed by atoms with Gasteiger partial charge in [0.1, 0.15) is 0 Å². The van der Waals surface area contributed by atoms with E-state index in [-0.39, 0.29) is 0 Å². The van der Waals surface area contributed by atoms with E-state index in [0.717, 1.165) is 50.1 Å². The van der Waals surface area contributed by atoms with Gasteiger partial charge in [-0.1, -0.05) is 133 Å². The number of hydrogen-bond donors (Lipinski definition) is 0. The summed E-state index contributed by atoms with van der Waals surface area (Å²) in [5, 5.41) is 9.55. The Morgan fingerprint density at radius 2 is 0.571 bits per heavy atom. The van der Waals surface area contributed by atoms with Crippen LogP contribution in [0.4, 0.5) is 0 Å². The maximum absolute atomic E-state index is 5.50. The third-order valence-electron chi connectivity index (χ3n) is 13.0. The molecule has 0 radical (unpaired) electrons. The Labute approximate surface area is 360 Å². The first-order chi connectivity index (χ1) is 31.3. The standard InChI is InChI=1S/C57H34N6/c1-9-25-46-36(17-1)37-18-2-10-26-47(37)61(46)52-31-15-7-23-42(52)56-58-55(35-33-44-40-21-5-13-29-50(40)63-51-30-14-6-22-41(51)45(34-35)54(44)63)59-57(60-56)43-24-8-16-32-53(43)62-48-27-11-3-19-38(48)39-20-4-12-28-49(39)62/h1-34H. The molecule has 0 aliphatic carbocycles. The summed E-state index contributed by atoms with van der Waals surface area (Å²) in [5.41, 5.74) is 12.9. The molecule has 6 nitrogen and oxygen atoms in total. The summed E-state index contributed by atoms with van der Waals surface area (Å²) in [7, 11) is 0. The Morgan fingerprint density at radius 3 is 0.968 bits per heavy atom. The van der Waals surface area contributed by atoms with Crippen LogP contribution in [-0.2, 0) is 0 Å². The highest BCUT2D eigenvalue weighted by Gasteiger charge is 2.24. The van der Waals surface area contributed by atoms with E-state index in [4.69, 9.17) is 15.0 Å². The Bertz CT molecular complexity index is 3800. The van der Waals surface area contributed by atoms with E-state index in [1.807, 2.05) is 0 Å². The number of nitrogens with zero attached hydrogens (tertiary/aromatic N) is 6. The van der Waals surface area contributed by atoms with E-state index in [1.165, 1.54) is 59.6 Å². The molecule has 0 bridgehead atoms. The minimum atomic E-state index is 0.601. The van der Waals surface area contributed by atoms with Crippen molar-refractivity contribution in [3.63, 3.8) is 0 Å². The lowest BCUT2D eigenvalue weighted by molar-refractivity contribution is 1.06. The number of hydrogen-bond acceptors (Lipinski definition) is 3. The van der Waals surface area contributed by atoms with Gasteiger partial charge in [-0.05, 0) is 72.8 Å². The fraction of sp³-hybridized carbons (Fsp3) is 0. The topological polar surface area (TPSA) is 52.9 Å². The summed E-state index contributed by atoms with van der Waals surface area (Å²) >= 11 is 0. The summed E-state index contributed by atoms with van der Waals surface area (Å²) in [5.74, 6) is 1.82. The fourth-order valence-electron chi connectivity index (χ4n) is 10.4. The highest BCUT2D eigenvalue weighted by molar-refractivity contribution is 6.24. The SMILES string of the molecule is c1ccc(-n2c3ccccc3c3ccccc32)c(-c2nc(-c3cc4c5ccccc5n5c6ccccc6c(c3)c45)nc(-c3ccccc3-n3c4ccccc4c4ccccc43)n2)c1. The minimum Gasteiger partial charge on any atom is -0.309 e. The number of aromatic nitrogens is 6. The molecule has 0 atom stereocenters.